The van der Waals surface area contributed by atoms with Crippen molar-refractivity contribution >= 4 is 5.78 Å². The highest BCUT2D eigenvalue weighted by molar-refractivity contribution is 5.90. The largest absolute Gasteiger partial charge is 0.494 e. The molecule has 0 aromatic rings. The van der Waals surface area contributed by atoms with Crippen LogP contribution in [-0.2, 0) is 9.53 Å². The lowest BCUT2D eigenvalue weighted by Gasteiger charge is -2.41. The zero-order chi connectivity index (χ0) is 10.0. The number of allylic oxidation sites excluding steroid dienone is 1. The summed E-state index contributed by atoms with van der Waals surface area (Å²) < 4.78 is 5.71. The van der Waals surface area contributed by atoms with Crippen LogP contribution >= 0.6 is 0 Å². The highest BCUT2D eigenvalue weighted by atomic mass is 16.5. The zero-order valence-corrected chi connectivity index (χ0v) is 8.79. The van der Waals surface area contributed by atoms with Gasteiger partial charge in [-0.25, -0.2) is 0 Å². The Kier molecular flexibility index (Phi) is 2.62. The molecule has 0 amide bonds. The molecular weight excluding hydrogens is 176 g/mol. The van der Waals surface area contributed by atoms with E-state index in [9.17, 15) is 4.79 Å². The van der Waals surface area contributed by atoms with Gasteiger partial charge in [0.15, 0.2) is 5.78 Å². The molecule has 1 fully saturated rings. The van der Waals surface area contributed by atoms with Gasteiger partial charge in [-0.2, -0.15) is 0 Å². The van der Waals surface area contributed by atoms with Crippen LogP contribution in [0.2, 0.25) is 0 Å². The normalized spacial score (nSPS) is 37.2. The molecule has 2 unspecified atom stereocenters. The summed E-state index contributed by atoms with van der Waals surface area (Å²) in [6, 6.07) is 0. The summed E-state index contributed by atoms with van der Waals surface area (Å²) in [7, 11) is 0. The predicted molar refractivity (Wildman–Crippen MR) is 54.8 cm³/mol. The van der Waals surface area contributed by atoms with Crippen LogP contribution in [0.1, 0.15) is 45.4 Å². The summed E-state index contributed by atoms with van der Waals surface area (Å²) in [5, 5.41) is 0. The van der Waals surface area contributed by atoms with Crippen molar-refractivity contribution in [3.63, 3.8) is 0 Å². The molecule has 1 aliphatic carbocycles. The minimum atomic E-state index is -0.134. The van der Waals surface area contributed by atoms with Gasteiger partial charge in [0.2, 0.25) is 0 Å². The molecule has 14 heavy (non-hydrogen) atoms. The van der Waals surface area contributed by atoms with Gasteiger partial charge in [-0.3, -0.25) is 4.79 Å². The fraction of sp³-hybridized carbons (Fsp3) is 0.750. The Balaban J connectivity index is 2.07. The van der Waals surface area contributed by atoms with E-state index >= 15 is 0 Å². The molecule has 0 radical (unpaired) electrons. The highest BCUT2D eigenvalue weighted by Crippen LogP contribution is 2.40. The Labute approximate surface area is 85.3 Å². The maximum absolute atomic E-state index is 11.4. The molecule has 1 spiro atoms. The van der Waals surface area contributed by atoms with Crippen LogP contribution < -0.4 is 0 Å². The molecule has 1 aliphatic heterocycles. The van der Waals surface area contributed by atoms with E-state index in [1.54, 1.807) is 12.3 Å². The van der Waals surface area contributed by atoms with Crippen LogP contribution in [0, 0.1) is 5.92 Å². The SMILES string of the molecule is CCC1CCCC2(CC(=O)C=CO2)C1. The van der Waals surface area contributed by atoms with Crippen LogP contribution in [0.15, 0.2) is 12.3 Å². The first-order valence-electron chi connectivity index (χ1n) is 5.61. The molecule has 0 saturated heterocycles. The third-order valence-corrected chi connectivity index (χ3v) is 3.55. The smallest absolute Gasteiger partial charge is 0.162 e. The molecule has 0 bridgehead atoms. The summed E-state index contributed by atoms with van der Waals surface area (Å²) >= 11 is 0. The summed E-state index contributed by atoms with van der Waals surface area (Å²) in [4.78, 5) is 11.4. The Bertz CT molecular complexity index is 257. The fourth-order valence-electron chi connectivity index (χ4n) is 2.73. The average Bonchev–Trinajstić information content (AvgIpc) is 2.17. The third kappa shape index (κ3) is 1.84. The molecule has 2 heteroatoms. The molecule has 2 rings (SSSR count). The Morgan fingerprint density at radius 3 is 3.21 bits per heavy atom. The van der Waals surface area contributed by atoms with Crippen LogP contribution in [0.25, 0.3) is 0 Å². The molecule has 2 atom stereocenters. The molecule has 1 saturated carbocycles. The van der Waals surface area contributed by atoms with E-state index in [4.69, 9.17) is 4.74 Å². The van der Waals surface area contributed by atoms with Crippen molar-refractivity contribution in [2.75, 3.05) is 0 Å². The van der Waals surface area contributed by atoms with Crippen molar-refractivity contribution < 1.29 is 9.53 Å². The standard InChI is InChI=1S/C12H18O2/c1-2-10-4-3-6-12(8-10)9-11(13)5-7-14-12/h5,7,10H,2-4,6,8-9H2,1H3. The van der Waals surface area contributed by atoms with E-state index in [-0.39, 0.29) is 11.4 Å². The molecule has 0 aromatic heterocycles. The number of hydrogen-bond acceptors (Lipinski definition) is 2. The molecule has 2 nitrogen and oxygen atoms in total. The molecule has 78 valence electrons. The summed E-state index contributed by atoms with van der Waals surface area (Å²) in [6.07, 6.45) is 9.60. The number of rotatable bonds is 1. The summed E-state index contributed by atoms with van der Waals surface area (Å²) in [5.74, 6) is 0.982. The minimum Gasteiger partial charge on any atom is -0.494 e. The van der Waals surface area contributed by atoms with E-state index in [2.05, 4.69) is 6.92 Å². The van der Waals surface area contributed by atoms with Crippen LogP contribution in [-0.4, -0.2) is 11.4 Å². The fourth-order valence-corrected chi connectivity index (χ4v) is 2.73. The molecular formula is C12H18O2. The van der Waals surface area contributed by atoms with Crippen LogP contribution in [0.5, 0.6) is 0 Å². The first kappa shape index (κ1) is 9.75. The van der Waals surface area contributed by atoms with Crippen LogP contribution in [0.3, 0.4) is 0 Å². The maximum Gasteiger partial charge on any atom is 0.162 e. The second-order valence-corrected chi connectivity index (χ2v) is 4.62. The third-order valence-electron chi connectivity index (χ3n) is 3.55. The molecule has 0 aromatic carbocycles. The van der Waals surface area contributed by atoms with Gasteiger partial charge < -0.3 is 4.74 Å². The lowest BCUT2D eigenvalue weighted by molar-refractivity contribution is -0.125. The number of ketones is 1. The van der Waals surface area contributed by atoms with Gasteiger partial charge in [-0.1, -0.05) is 19.8 Å². The quantitative estimate of drug-likeness (QED) is 0.641. The van der Waals surface area contributed by atoms with Crippen molar-refractivity contribution in [3.8, 4) is 0 Å². The molecule has 0 N–H and O–H groups in total. The van der Waals surface area contributed by atoms with Gasteiger partial charge in [-0.15, -0.1) is 0 Å². The number of carbonyl (C=O) groups excluding carboxylic acids is 1. The van der Waals surface area contributed by atoms with E-state index in [0.29, 0.717) is 6.42 Å². The summed E-state index contributed by atoms with van der Waals surface area (Å²) in [5.41, 5.74) is -0.134. The van der Waals surface area contributed by atoms with Crippen molar-refractivity contribution in [1.82, 2.24) is 0 Å². The van der Waals surface area contributed by atoms with Gasteiger partial charge >= 0.3 is 0 Å². The first-order valence-corrected chi connectivity index (χ1v) is 5.61. The van der Waals surface area contributed by atoms with Gasteiger partial charge in [-0.05, 0) is 25.2 Å². The second-order valence-electron chi connectivity index (χ2n) is 4.62. The number of ether oxygens (including phenoxy) is 1. The summed E-state index contributed by atoms with van der Waals surface area (Å²) in [6.45, 7) is 2.23. The Hall–Kier alpha value is -0.790. The van der Waals surface area contributed by atoms with Gasteiger partial charge in [0.1, 0.15) is 5.60 Å². The number of carbonyl (C=O) groups is 1. The van der Waals surface area contributed by atoms with E-state index in [0.717, 1.165) is 18.8 Å². The van der Waals surface area contributed by atoms with E-state index in [1.807, 2.05) is 0 Å². The number of hydrogen-bond donors (Lipinski definition) is 0. The monoisotopic (exact) mass is 194 g/mol. The maximum atomic E-state index is 11.4. The lowest BCUT2D eigenvalue weighted by Crippen LogP contribution is -2.40. The van der Waals surface area contributed by atoms with E-state index < -0.39 is 0 Å². The van der Waals surface area contributed by atoms with Crippen molar-refractivity contribution in [2.24, 2.45) is 5.92 Å². The van der Waals surface area contributed by atoms with Gasteiger partial charge in [0.05, 0.1) is 12.7 Å². The topological polar surface area (TPSA) is 26.3 Å². The van der Waals surface area contributed by atoms with Crippen molar-refractivity contribution in [3.05, 3.63) is 12.3 Å². The van der Waals surface area contributed by atoms with Gasteiger partial charge in [0.25, 0.3) is 0 Å². The zero-order valence-electron chi connectivity index (χ0n) is 8.79. The minimum absolute atomic E-state index is 0.134. The first-order chi connectivity index (χ1) is 6.74. The Morgan fingerprint density at radius 2 is 2.50 bits per heavy atom. The average molecular weight is 194 g/mol. The van der Waals surface area contributed by atoms with Gasteiger partial charge in [0, 0.05) is 6.08 Å². The molecule has 2 aliphatic rings. The lowest BCUT2D eigenvalue weighted by atomic mass is 9.74. The molecule has 1 heterocycles. The van der Waals surface area contributed by atoms with Crippen LogP contribution in [0.4, 0.5) is 0 Å². The van der Waals surface area contributed by atoms with E-state index in [1.165, 1.54) is 19.3 Å². The second kappa shape index (κ2) is 3.76. The predicted octanol–water partition coefficient (Wildman–Crippen LogP) is 2.83. The Morgan fingerprint density at radius 1 is 1.64 bits per heavy atom. The van der Waals surface area contributed by atoms with Crippen molar-refractivity contribution in [2.45, 2.75) is 51.0 Å². The highest BCUT2D eigenvalue weighted by Gasteiger charge is 2.39. The van der Waals surface area contributed by atoms with Crippen molar-refractivity contribution in [1.29, 1.82) is 0 Å².